The molecule has 0 aromatic rings. The van der Waals surface area contributed by atoms with Crippen molar-refractivity contribution in [1.29, 1.82) is 0 Å². The lowest BCUT2D eigenvalue weighted by atomic mass is 10.0. The molecule has 0 spiro atoms. The van der Waals surface area contributed by atoms with Gasteiger partial charge in [0, 0.05) is 19.6 Å². The molecule has 2 rings (SSSR count). The van der Waals surface area contributed by atoms with Crippen molar-refractivity contribution < 1.29 is 0 Å². The van der Waals surface area contributed by atoms with Crippen LogP contribution in [0.15, 0.2) is 10.6 Å². The summed E-state index contributed by atoms with van der Waals surface area (Å²) in [7, 11) is 0. The number of likely N-dealkylation sites (tertiary alicyclic amines) is 1. The molecule has 0 aromatic heterocycles. The molecule has 1 N–H and O–H groups in total. The monoisotopic (exact) mass is 220 g/mol. The second kappa shape index (κ2) is 4.18. The first-order valence-corrected chi connectivity index (χ1v) is 5.45. The van der Waals surface area contributed by atoms with Crippen LogP contribution in [0.25, 0.3) is 0 Å². The van der Waals surface area contributed by atoms with Gasteiger partial charge in [0.1, 0.15) is 4.49 Å². The van der Waals surface area contributed by atoms with E-state index in [-0.39, 0.29) is 0 Å². The largest absolute Gasteiger partial charge is 0.316 e. The molecule has 2 aliphatic rings. The maximum atomic E-state index is 5.56. The summed E-state index contributed by atoms with van der Waals surface area (Å²) in [5.41, 5.74) is 0. The van der Waals surface area contributed by atoms with Crippen LogP contribution >= 0.6 is 23.2 Å². The Morgan fingerprint density at radius 1 is 1.31 bits per heavy atom. The molecule has 0 aromatic carbocycles. The lowest BCUT2D eigenvalue weighted by Gasteiger charge is -2.13. The van der Waals surface area contributed by atoms with E-state index in [1.807, 2.05) is 6.08 Å². The number of halogens is 2. The van der Waals surface area contributed by atoms with Gasteiger partial charge in [-0.3, -0.25) is 4.90 Å². The van der Waals surface area contributed by atoms with E-state index in [2.05, 4.69) is 10.2 Å². The van der Waals surface area contributed by atoms with E-state index in [1.165, 1.54) is 26.2 Å². The zero-order valence-electron chi connectivity index (χ0n) is 7.47. The highest BCUT2D eigenvalue weighted by Gasteiger charge is 2.35. The quantitative estimate of drug-likeness (QED) is 0.759. The van der Waals surface area contributed by atoms with Gasteiger partial charge in [-0.15, -0.1) is 0 Å². The first kappa shape index (κ1) is 9.78. The summed E-state index contributed by atoms with van der Waals surface area (Å²) in [5.74, 6) is 1.70. The third kappa shape index (κ3) is 2.38. The molecule has 2 fully saturated rings. The average Bonchev–Trinajstić information content (AvgIpc) is 2.58. The lowest BCUT2D eigenvalue weighted by Crippen LogP contribution is -2.25. The second-order valence-electron chi connectivity index (χ2n) is 3.89. The highest BCUT2D eigenvalue weighted by molar-refractivity contribution is 6.55. The summed E-state index contributed by atoms with van der Waals surface area (Å²) < 4.78 is 0.384. The standard InChI is InChI=1S/C9H14Cl2N2/c10-9(11)1-2-13-5-7-3-12-4-8(7)6-13/h1,7-8,12H,2-6H2/t7-,8+. The third-order valence-electron chi connectivity index (χ3n) is 2.97. The van der Waals surface area contributed by atoms with Crippen molar-refractivity contribution in [2.75, 3.05) is 32.7 Å². The maximum absolute atomic E-state index is 5.56. The van der Waals surface area contributed by atoms with Crippen LogP contribution in [0.4, 0.5) is 0 Å². The fourth-order valence-corrected chi connectivity index (χ4v) is 2.44. The highest BCUT2D eigenvalue weighted by atomic mass is 35.5. The van der Waals surface area contributed by atoms with Gasteiger partial charge >= 0.3 is 0 Å². The first-order chi connectivity index (χ1) is 6.25. The normalized spacial score (nSPS) is 33.4. The molecule has 0 bridgehead atoms. The summed E-state index contributed by atoms with van der Waals surface area (Å²) in [6, 6.07) is 0. The van der Waals surface area contributed by atoms with Crippen molar-refractivity contribution >= 4 is 23.2 Å². The van der Waals surface area contributed by atoms with Gasteiger partial charge in [-0.1, -0.05) is 23.2 Å². The molecule has 0 unspecified atom stereocenters. The number of rotatable bonds is 2. The van der Waals surface area contributed by atoms with Crippen LogP contribution in [-0.2, 0) is 0 Å². The van der Waals surface area contributed by atoms with Crippen LogP contribution in [0, 0.1) is 11.8 Å². The summed E-state index contributed by atoms with van der Waals surface area (Å²) in [6.07, 6.45) is 1.87. The van der Waals surface area contributed by atoms with E-state index < -0.39 is 0 Å². The highest BCUT2D eigenvalue weighted by Crippen LogP contribution is 2.26. The Balaban J connectivity index is 1.82. The molecule has 2 saturated heterocycles. The molecular formula is C9H14Cl2N2. The molecule has 4 heteroatoms. The zero-order valence-corrected chi connectivity index (χ0v) is 8.98. The number of nitrogens with zero attached hydrogens (tertiary/aromatic N) is 1. The Morgan fingerprint density at radius 2 is 1.92 bits per heavy atom. The SMILES string of the molecule is ClC(Cl)=CCN1C[C@H]2CNC[C@H]2C1. The maximum Gasteiger partial charge on any atom is 0.104 e. The van der Waals surface area contributed by atoms with Gasteiger partial charge in [0.15, 0.2) is 0 Å². The van der Waals surface area contributed by atoms with E-state index in [1.54, 1.807) is 0 Å². The minimum absolute atomic E-state index is 0.384. The molecular weight excluding hydrogens is 207 g/mol. The van der Waals surface area contributed by atoms with Crippen LogP contribution in [-0.4, -0.2) is 37.6 Å². The number of hydrogen-bond acceptors (Lipinski definition) is 2. The topological polar surface area (TPSA) is 15.3 Å². The van der Waals surface area contributed by atoms with E-state index in [4.69, 9.17) is 23.2 Å². The van der Waals surface area contributed by atoms with Crippen LogP contribution in [0.5, 0.6) is 0 Å². The van der Waals surface area contributed by atoms with Crippen LogP contribution in [0.2, 0.25) is 0 Å². The number of hydrogen-bond donors (Lipinski definition) is 1. The van der Waals surface area contributed by atoms with Gasteiger partial charge in [0.25, 0.3) is 0 Å². The molecule has 2 atom stereocenters. The van der Waals surface area contributed by atoms with Crippen LogP contribution in [0.3, 0.4) is 0 Å². The van der Waals surface area contributed by atoms with E-state index in [9.17, 15) is 0 Å². The molecule has 2 nitrogen and oxygen atoms in total. The Kier molecular flexibility index (Phi) is 3.14. The predicted molar refractivity (Wildman–Crippen MR) is 56.1 cm³/mol. The fourth-order valence-electron chi connectivity index (χ4n) is 2.30. The Labute approximate surface area is 88.9 Å². The zero-order chi connectivity index (χ0) is 9.26. The molecule has 0 saturated carbocycles. The van der Waals surface area contributed by atoms with Crippen LogP contribution in [0.1, 0.15) is 0 Å². The lowest BCUT2D eigenvalue weighted by molar-refractivity contribution is 0.346. The predicted octanol–water partition coefficient (Wildman–Crippen LogP) is 1.46. The molecule has 2 aliphatic heterocycles. The Morgan fingerprint density at radius 3 is 2.46 bits per heavy atom. The molecule has 13 heavy (non-hydrogen) atoms. The van der Waals surface area contributed by atoms with Gasteiger partial charge in [-0.2, -0.15) is 0 Å². The van der Waals surface area contributed by atoms with Crippen molar-refractivity contribution in [3.63, 3.8) is 0 Å². The van der Waals surface area contributed by atoms with E-state index in [0.29, 0.717) is 4.49 Å². The molecule has 74 valence electrons. The van der Waals surface area contributed by atoms with Gasteiger partial charge < -0.3 is 5.32 Å². The van der Waals surface area contributed by atoms with Crippen LogP contribution < -0.4 is 5.32 Å². The summed E-state index contributed by atoms with van der Waals surface area (Å²) in [4.78, 5) is 2.42. The molecule has 0 aliphatic carbocycles. The van der Waals surface area contributed by atoms with E-state index >= 15 is 0 Å². The summed E-state index contributed by atoms with van der Waals surface area (Å²) in [6.45, 7) is 5.64. The minimum Gasteiger partial charge on any atom is -0.316 e. The van der Waals surface area contributed by atoms with Gasteiger partial charge in [0.05, 0.1) is 0 Å². The van der Waals surface area contributed by atoms with Gasteiger partial charge in [-0.25, -0.2) is 0 Å². The van der Waals surface area contributed by atoms with Gasteiger partial charge in [0.2, 0.25) is 0 Å². The summed E-state index contributed by atoms with van der Waals surface area (Å²) in [5, 5.41) is 3.42. The average molecular weight is 221 g/mol. The second-order valence-corrected chi connectivity index (χ2v) is 4.90. The smallest absolute Gasteiger partial charge is 0.104 e. The number of fused-ring (bicyclic) bond motifs is 1. The fraction of sp³-hybridized carbons (Fsp3) is 0.778. The van der Waals surface area contributed by atoms with Crippen molar-refractivity contribution in [3.05, 3.63) is 10.6 Å². The van der Waals surface area contributed by atoms with Gasteiger partial charge in [-0.05, 0) is 31.0 Å². The number of nitrogens with one attached hydrogen (secondary N) is 1. The first-order valence-electron chi connectivity index (χ1n) is 4.70. The molecule has 0 amide bonds. The van der Waals surface area contributed by atoms with Crippen molar-refractivity contribution in [1.82, 2.24) is 10.2 Å². The van der Waals surface area contributed by atoms with Crippen molar-refractivity contribution in [2.24, 2.45) is 11.8 Å². The van der Waals surface area contributed by atoms with Crippen molar-refractivity contribution in [2.45, 2.75) is 0 Å². The van der Waals surface area contributed by atoms with E-state index in [0.717, 1.165) is 18.4 Å². The molecule has 0 radical (unpaired) electrons. The Hall–Kier alpha value is 0.240. The van der Waals surface area contributed by atoms with Crippen molar-refractivity contribution in [3.8, 4) is 0 Å². The molecule has 2 heterocycles. The third-order valence-corrected chi connectivity index (χ3v) is 3.28. The summed E-state index contributed by atoms with van der Waals surface area (Å²) >= 11 is 11.1. The Bertz CT molecular complexity index is 202. The minimum atomic E-state index is 0.384.